The van der Waals surface area contributed by atoms with Gasteiger partial charge < -0.3 is 5.32 Å². The molecular weight excluding hydrogens is 352 g/mol. The fraction of sp³-hybridized carbons (Fsp3) is 0.158. The molecule has 0 bridgehead atoms. The maximum absolute atomic E-state index is 6.01. The summed E-state index contributed by atoms with van der Waals surface area (Å²) in [7, 11) is 0. The summed E-state index contributed by atoms with van der Waals surface area (Å²) in [5, 5.41) is 5.26. The average molecular weight is 371 g/mol. The van der Waals surface area contributed by atoms with Crippen LogP contribution in [0.5, 0.6) is 0 Å². The van der Waals surface area contributed by atoms with Gasteiger partial charge in [-0.15, -0.1) is 0 Å². The van der Waals surface area contributed by atoms with Crippen molar-refractivity contribution in [1.82, 2.24) is 10.4 Å². The number of hydrazine groups is 1. The summed E-state index contributed by atoms with van der Waals surface area (Å²) in [4.78, 5) is 4.32. The highest BCUT2D eigenvalue weighted by molar-refractivity contribution is 7.80. The zero-order valence-electron chi connectivity index (χ0n) is 14.0. The van der Waals surface area contributed by atoms with E-state index in [0.29, 0.717) is 16.1 Å². The van der Waals surface area contributed by atoms with Crippen molar-refractivity contribution in [2.45, 2.75) is 19.8 Å². The number of hydrogen-bond donors (Lipinski definition) is 3. The second-order valence-corrected chi connectivity index (χ2v) is 6.85. The molecule has 6 heteroatoms. The molecule has 0 unspecified atom stereocenters. The van der Waals surface area contributed by atoms with Gasteiger partial charge in [-0.05, 0) is 60.1 Å². The molecule has 0 aliphatic carbocycles. The average Bonchev–Trinajstić information content (AvgIpc) is 2.60. The molecule has 128 valence electrons. The van der Waals surface area contributed by atoms with Crippen LogP contribution in [0, 0.1) is 0 Å². The van der Waals surface area contributed by atoms with Gasteiger partial charge in [0, 0.05) is 22.3 Å². The molecule has 25 heavy (non-hydrogen) atoms. The number of rotatable bonds is 4. The van der Waals surface area contributed by atoms with Crippen LogP contribution in [0.3, 0.4) is 0 Å². The van der Waals surface area contributed by atoms with Crippen LogP contribution < -0.4 is 16.2 Å². The molecule has 0 spiro atoms. The van der Waals surface area contributed by atoms with Crippen molar-refractivity contribution in [2.24, 2.45) is 0 Å². The highest BCUT2D eigenvalue weighted by Crippen LogP contribution is 2.23. The Kier molecular flexibility index (Phi) is 5.36. The molecule has 0 fully saturated rings. The maximum Gasteiger partial charge on any atom is 0.189 e. The van der Waals surface area contributed by atoms with Crippen LogP contribution in [0.15, 0.2) is 54.7 Å². The lowest BCUT2D eigenvalue weighted by Crippen LogP contribution is -2.33. The smallest absolute Gasteiger partial charge is 0.189 e. The Morgan fingerprint density at radius 2 is 1.84 bits per heavy atom. The normalized spacial score (nSPS) is 10.7. The Balaban J connectivity index is 1.64. The van der Waals surface area contributed by atoms with Crippen molar-refractivity contribution in [3.05, 3.63) is 65.3 Å². The van der Waals surface area contributed by atoms with Gasteiger partial charge in [0.1, 0.15) is 0 Å². The Morgan fingerprint density at radius 1 is 1.08 bits per heavy atom. The largest absolute Gasteiger partial charge is 0.331 e. The molecule has 0 aliphatic rings. The van der Waals surface area contributed by atoms with E-state index in [1.54, 1.807) is 6.20 Å². The molecule has 2 aromatic carbocycles. The minimum atomic E-state index is 0.483. The van der Waals surface area contributed by atoms with Crippen LogP contribution in [-0.2, 0) is 0 Å². The third-order valence-corrected chi connectivity index (χ3v) is 4.29. The number of hydrogen-bond acceptors (Lipinski definition) is 3. The van der Waals surface area contributed by atoms with E-state index in [-0.39, 0.29) is 0 Å². The summed E-state index contributed by atoms with van der Waals surface area (Å²) in [6.45, 7) is 4.34. The van der Waals surface area contributed by atoms with E-state index < -0.39 is 0 Å². The fourth-order valence-electron chi connectivity index (χ4n) is 2.47. The van der Waals surface area contributed by atoms with E-state index >= 15 is 0 Å². The van der Waals surface area contributed by atoms with Crippen LogP contribution >= 0.6 is 23.8 Å². The highest BCUT2D eigenvalue weighted by Gasteiger charge is 2.04. The minimum absolute atomic E-state index is 0.483. The molecule has 0 radical (unpaired) electrons. The predicted octanol–water partition coefficient (Wildman–Crippen LogP) is 5.33. The van der Waals surface area contributed by atoms with Crippen molar-refractivity contribution in [1.29, 1.82) is 0 Å². The number of anilines is 2. The third-order valence-electron chi connectivity index (χ3n) is 3.85. The van der Waals surface area contributed by atoms with Crippen molar-refractivity contribution in [3.63, 3.8) is 0 Å². The van der Waals surface area contributed by atoms with E-state index in [1.807, 2.05) is 36.4 Å². The number of benzene rings is 2. The van der Waals surface area contributed by atoms with Crippen molar-refractivity contribution >= 4 is 51.2 Å². The van der Waals surface area contributed by atoms with Gasteiger partial charge in [-0.3, -0.25) is 15.8 Å². The first-order chi connectivity index (χ1) is 12.0. The van der Waals surface area contributed by atoms with Crippen molar-refractivity contribution in [3.8, 4) is 0 Å². The zero-order chi connectivity index (χ0) is 17.8. The zero-order valence-corrected chi connectivity index (χ0v) is 15.6. The summed E-state index contributed by atoms with van der Waals surface area (Å²) in [5.41, 5.74) is 10.1. The van der Waals surface area contributed by atoms with Crippen LogP contribution in [-0.4, -0.2) is 10.1 Å². The van der Waals surface area contributed by atoms with Gasteiger partial charge in [0.2, 0.25) is 0 Å². The summed E-state index contributed by atoms with van der Waals surface area (Å²) in [6, 6.07) is 15.7. The molecule has 1 heterocycles. The van der Waals surface area contributed by atoms with Gasteiger partial charge in [0.05, 0.1) is 11.2 Å². The van der Waals surface area contributed by atoms with E-state index in [1.165, 1.54) is 5.56 Å². The lowest BCUT2D eigenvalue weighted by molar-refractivity contribution is 0.867. The minimum Gasteiger partial charge on any atom is -0.331 e. The maximum atomic E-state index is 6.01. The predicted molar refractivity (Wildman–Crippen MR) is 110 cm³/mol. The molecule has 3 N–H and O–H groups in total. The number of thiocarbonyl (C=S) groups is 1. The number of nitrogens with one attached hydrogen (secondary N) is 3. The van der Waals surface area contributed by atoms with Crippen molar-refractivity contribution < 1.29 is 0 Å². The fourth-order valence-corrected chi connectivity index (χ4v) is 2.80. The second-order valence-electron chi connectivity index (χ2n) is 6.00. The summed E-state index contributed by atoms with van der Waals surface area (Å²) in [6.07, 6.45) is 1.73. The van der Waals surface area contributed by atoms with E-state index in [9.17, 15) is 0 Å². The van der Waals surface area contributed by atoms with Crippen LogP contribution in [0.4, 0.5) is 11.4 Å². The Bertz CT molecular complexity index is 894. The first-order valence-electron chi connectivity index (χ1n) is 8.00. The first kappa shape index (κ1) is 17.5. The summed E-state index contributed by atoms with van der Waals surface area (Å²) in [5.74, 6) is 0.509. The Morgan fingerprint density at radius 3 is 2.56 bits per heavy atom. The Hall–Kier alpha value is -2.37. The van der Waals surface area contributed by atoms with E-state index in [0.717, 1.165) is 22.3 Å². The van der Waals surface area contributed by atoms with Crippen LogP contribution in [0.25, 0.3) is 10.9 Å². The van der Waals surface area contributed by atoms with Crippen LogP contribution in [0.1, 0.15) is 25.3 Å². The molecule has 3 aromatic rings. The van der Waals surface area contributed by atoms with Crippen molar-refractivity contribution in [2.75, 3.05) is 10.7 Å². The van der Waals surface area contributed by atoms with E-state index in [4.69, 9.17) is 23.8 Å². The van der Waals surface area contributed by atoms with E-state index in [2.05, 4.69) is 47.1 Å². The molecular formula is C19H19ClN4S. The number of pyridine rings is 1. The highest BCUT2D eigenvalue weighted by atomic mass is 35.5. The monoisotopic (exact) mass is 370 g/mol. The molecule has 0 aliphatic heterocycles. The lowest BCUT2D eigenvalue weighted by Gasteiger charge is -2.14. The van der Waals surface area contributed by atoms with Gasteiger partial charge in [0.25, 0.3) is 0 Å². The third kappa shape index (κ3) is 4.38. The molecule has 0 amide bonds. The summed E-state index contributed by atoms with van der Waals surface area (Å²) >= 11 is 11.4. The standard InChI is InChI=1S/C19H19ClN4S/c1-12(2)13-3-6-15(7-4-13)22-19(25)24-23-17-9-10-21-18-11-14(20)5-8-16(17)18/h3-12H,1-2H3,(H,21,23)(H2,22,24,25). The molecule has 0 saturated heterocycles. The molecule has 1 aromatic heterocycles. The molecule has 3 rings (SSSR count). The Labute approximate surface area is 157 Å². The van der Waals surface area contributed by atoms with Gasteiger partial charge in [-0.1, -0.05) is 37.6 Å². The number of nitrogens with zero attached hydrogens (tertiary/aromatic N) is 1. The quantitative estimate of drug-likeness (QED) is 0.428. The number of aromatic nitrogens is 1. The molecule has 0 atom stereocenters. The lowest BCUT2D eigenvalue weighted by atomic mass is 10.0. The summed E-state index contributed by atoms with van der Waals surface area (Å²) < 4.78 is 0. The second kappa shape index (κ2) is 7.68. The SMILES string of the molecule is CC(C)c1ccc(NC(=S)NNc2ccnc3cc(Cl)ccc23)cc1. The van der Waals surface area contributed by atoms with Gasteiger partial charge in [0.15, 0.2) is 5.11 Å². The van der Waals surface area contributed by atoms with Gasteiger partial charge >= 0.3 is 0 Å². The topological polar surface area (TPSA) is 49.0 Å². The van der Waals surface area contributed by atoms with Gasteiger partial charge in [-0.2, -0.15) is 0 Å². The molecule has 4 nitrogen and oxygen atoms in total. The number of fused-ring (bicyclic) bond motifs is 1. The van der Waals surface area contributed by atoms with Gasteiger partial charge in [-0.25, -0.2) is 0 Å². The number of halogens is 1. The van der Waals surface area contributed by atoms with Crippen LogP contribution in [0.2, 0.25) is 5.02 Å². The first-order valence-corrected chi connectivity index (χ1v) is 8.79. The molecule has 0 saturated carbocycles.